The van der Waals surface area contributed by atoms with E-state index in [0.717, 1.165) is 16.6 Å². The van der Waals surface area contributed by atoms with E-state index in [4.69, 9.17) is 0 Å². The van der Waals surface area contributed by atoms with Gasteiger partial charge in [-0.2, -0.15) is 0 Å². The molecule has 0 amide bonds. The predicted octanol–water partition coefficient (Wildman–Crippen LogP) is 3.39. The van der Waals surface area contributed by atoms with Crippen molar-refractivity contribution in [2.75, 3.05) is 0 Å². The summed E-state index contributed by atoms with van der Waals surface area (Å²) in [5, 5.41) is 0.898. The number of aryl methyl sites for hydroxylation is 2. The third-order valence-electron chi connectivity index (χ3n) is 2.49. The van der Waals surface area contributed by atoms with Gasteiger partial charge in [0.2, 0.25) is 0 Å². The van der Waals surface area contributed by atoms with Crippen molar-refractivity contribution in [2.45, 2.75) is 13.3 Å². The third-order valence-corrected chi connectivity index (χ3v) is 2.49. The van der Waals surface area contributed by atoms with Crippen LogP contribution in [0.5, 0.6) is 5.75 Å². The Hall–Kier alpha value is -1.65. The molecule has 86 valence electrons. The van der Waals surface area contributed by atoms with E-state index in [9.17, 15) is 13.2 Å². The smallest absolute Gasteiger partial charge is 0.406 e. The van der Waals surface area contributed by atoms with Crippen LogP contribution < -0.4 is 4.74 Å². The number of benzene rings is 1. The van der Waals surface area contributed by atoms with Crippen LogP contribution in [0.15, 0.2) is 24.3 Å². The van der Waals surface area contributed by atoms with Crippen LogP contribution in [0.25, 0.3) is 10.9 Å². The summed E-state index contributed by atoms with van der Waals surface area (Å²) in [6.07, 6.45) is -4.64. The first-order valence-electron chi connectivity index (χ1n) is 4.69. The molecule has 0 aliphatic rings. The fraction of sp³-hybridized carbons (Fsp3) is 0.273. The van der Waals surface area contributed by atoms with E-state index in [2.05, 4.69) is 4.74 Å². The Morgan fingerprint density at radius 2 is 1.88 bits per heavy atom. The molecule has 0 fully saturated rings. The van der Waals surface area contributed by atoms with Gasteiger partial charge in [-0.15, -0.1) is 13.2 Å². The van der Waals surface area contributed by atoms with Gasteiger partial charge in [0.25, 0.3) is 0 Å². The van der Waals surface area contributed by atoms with Gasteiger partial charge in [0.1, 0.15) is 5.75 Å². The molecule has 0 aliphatic heterocycles. The number of alkyl halides is 3. The molecule has 5 heteroatoms. The minimum Gasteiger partial charge on any atom is -0.406 e. The fourth-order valence-electron chi connectivity index (χ4n) is 1.64. The van der Waals surface area contributed by atoms with E-state index in [-0.39, 0.29) is 5.75 Å². The highest BCUT2D eigenvalue weighted by Gasteiger charge is 2.31. The molecule has 0 saturated heterocycles. The summed E-state index contributed by atoms with van der Waals surface area (Å²) < 4.78 is 41.7. The van der Waals surface area contributed by atoms with Crippen LogP contribution >= 0.6 is 0 Å². The Morgan fingerprint density at radius 3 is 2.50 bits per heavy atom. The minimum atomic E-state index is -4.64. The molecule has 1 aromatic heterocycles. The van der Waals surface area contributed by atoms with Gasteiger partial charge in [-0.05, 0) is 25.1 Å². The molecule has 1 heterocycles. The third kappa shape index (κ3) is 1.98. The van der Waals surface area contributed by atoms with E-state index in [1.165, 1.54) is 12.1 Å². The molecule has 0 spiro atoms. The first kappa shape index (κ1) is 10.9. The van der Waals surface area contributed by atoms with Crippen LogP contribution in [0.3, 0.4) is 0 Å². The Labute approximate surface area is 90.2 Å². The average molecular weight is 229 g/mol. The topological polar surface area (TPSA) is 14.2 Å². The Balaban J connectivity index is 2.47. The molecule has 2 nitrogen and oxygen atoms in total. The maximum absolute atomic E-state index is 12.0. The van der Waals surface area contributed by atoms with Gasteiger partial charge in [0.15, 0.2) is 0 Å². The summed E-state index contributed by atoms with van der Waals surface area (Å²) in [4.78, 5) is 0. The van der Waals surface area contributed by atoms with Crippen LogP contribution in [0, 0.1) is 6.92 Å². The van der Waals surface area contributed by atoms with Crippen LogP contribution in [-0.4, -0.2) is 10.9 Å². The Morgan fingerprint density at radius 1 is 1.19 bits per heavy atom. The number of ether oxygens (including phenoxy) is 1. The van der Waals surface area contributed by atoms with Gasteiger partial charge < -0.3 is 9.30 Å². The van der Waals surface area contributed by atoms with Crippen LogP contribution in [0.1, 0.15) is 5.69 Å². The largest absolute Gasteiger partial charge is 0.573 e. The zero-order valence-electron chi connectivity index (χ0n) is 8.80. The second-order valence-corrected chi connectivity index (χ2v) is 3.61. The molecule has 0 saturated carbocycles. The molecule has 2 aromatic rings. The molecule has 0 unspecified atom stereocenters. The predicted molar refractivity (Wildman–Crippen MR) is 54.3 cm³/mol. The SMILES string of the molecule is Cc1cc2ccc(OC(F)(F)F)cc2n1C. The van der Waals surface area contributed by atoms with Crippen molar-refractivity contribution in [3.05, 3.63) is 30.0 Å². The van der Waals surface area contributed by atoms with Crippen LogP contribution in [-0.2, 0) is 7.05 Å². The lowest BCUT2D eigenvalue weighted by molar-refractivity contribution is -0.274. The average Bonchev–Trinajstić information content (AvgIpc) is 2.42. The van der Waals surface area contributed by atoms with Gasteiger partial charge >= 0.3 is 6.36 Å². The molecule has 2 rings (SSSR count). The first-order valence-corrected chi connectivity index (χ1v) is 4.69. The highest BCUT2D eigenvalue weighted by molar-refractivity contribution is 5.82. The maximum Gasteiger partial charge on any atom is 0.573 e. The highest BCUT2D eigenvalue weighted by atomic mass is 19.4. The first-order chi connectivity index (χ1) is 7.37. The fourth-order valence-corrected chi connectivity index (χ4v) is 1.64. The standard InChI is InChI=1S/C11H10F3NO/c1-7-5-8-3-4-9(16-11(12,13)14)6-10(8)15(7)2/h3-6H,1-2H3. The molecule has 16 heavy (non-hydrogen) atoms. The van der Waals surface area contributed by atoms with E-state index >= 15 is 0 Å². The van der Waals surface area contributed by atoms with Gasteiger partial charge in [-0.3, -0.25) is 0 Å². The van der Waals surface area contributed by atoms with Crippen molar-refractivity contribution in [3.8, 4) is 5.75 Å². The molecule has 0 aliphatic carbocycles. The van der Waals surface area contributed by atoms with E-state index in [0.29, 0.717) is 0 Å². The lowest BCUT2D eigenvalue weighted by Gasteiger charge is -2.09. The number of rotatable bonds is 1. The van der Waals surface area contributed by atoms with Crippen LogP contribution in [0.4, 0.5) is 13.2 Å². The monoisotopic (exact) mass is 229 g/mol. The normalized spacial score (nSPS) is 12.1. The van der Waals surface area contributed by atoms with E-state index in [1.54, 1.807) is 13.1 Å². The highest BCUT2D eigenvalue weighted by Crippen LogP contribution is 2.27. The van der Waals surface area contributed by atoms with Crippen molar-refractivity contribution in [1.82, 2.24) is 4.57 Å². The van der Waals surface area contributed by atoms with Crippen molar-refractivity contribution >= 4 is 10.9 Å². The quantitative estimate of drug-likeness (QED) is 0.731. The van der Waals surface area contributed by atoms with Crippen molar-refractivity contribution in [1.29, 1.82) is 0 Å². The van der Waals surface area contributed by atoms with Gasteiger partial charge in [0, 0.05) is 24.2 Å². The number of halogens is 3. The molecular weight excluding hydrogens is 219 g/mol. The van der Waals surface area contributed by atoms with E-state index in [1.807, 2.05) is 17.6 Å². The van der Waals surface area contributed by atoms with Crippen molar-refractivity contribution in [2.24, 2.45) is 7.05 Å². The molecule has 1 aromatic carbocycles. The van der Waals surface area contributed by atoms with E-state index < -0.39 is 6.36 Å². The molecular formula is C11H10F3NO. The summed E-state index contributed by atoms with van der Waals surface area (Å²) in [6.45, 7) is 1.89. The molecule has 0 atom stereocenters. The number of hydrogen-bond acceptors (Lipinski definition) is 1. The lowest BCUT2D eigenvalue weighted by atomic mass is 10.2. The van der Waals surface area contributed by atoms with Crippen molar-refractivity contribution < 1.29 is 17.9 Å². The number of hydrogen-bond donors (Lipinski definition) is 0. The summed E-state index contributed by atoms with van der Waals surface area (Å²) in [5.41, 5.74) is 1.71. The van der Waals surface area contributed by atoms with Gasteiger partial charge in [-0.1, -0.05) is 0 Å². The lowest BCUT2D eigenvalue weighted by Crippen LogP contribution is -2.17. The second-order valence-electron chi connectivity index (χ2n) is 3.61. The minimum absolute atomic E-state index is 0.193. The Kier molecular flexibility index (Phi) is 2.33. The number of aromatic nitrogens is 1. The molecule has 0 radical (unpaired) electrons. The van der Waals surface area contributed by atoms with Gasteiger partial charge in [-0.25, -0.2) is 0 Å². The number of nitrogens with zero attached hydrogens (tertiary/aromatic N) is 1. The zero-order valence-corrected chi connectivity index (χ0v) is 8.80. The van der Waals surface area contributed by atoms with Crippen LogP contribution in [0.2, 0.25) is 0 Å². The Bertz CT molecular complexity index is 528. The maximum atomic E-state index is 12.0. The molecule has 0 N–H and O–H groups in total. The molecule has 0 bridgehead atoms. The van der Waals surface area contributed by atoms with Crippen molar-refractivity contribution in [3.63, 3.8) is 0 Å². The number of fused-ring (bicyclic) bond motifs is 1. The van der Waals surface area contributed by atoms with Gasteiger partial charge in [0.05, 0.1) is 5.52 Å². The zero-order chi connectivity index (χ0) is 11.9. The summed E-state index contributed by atoms with van der Waals surface area (Å²) in [7, 11) is 1.80. The second kappa shape index (κ2) is 3.43. The summed E-state index contributed by atoms with van der Waals surface area (Å²) >= 11 is 0. The summed E-state index contributed by atoms with van der Waals surface area (Å²) in [6, 6.07) is 6.22. The summed E-state index contributed by atoms with van der Waals surface area (Å²) in [5.74, 6) is -0.193.